The van der Waals surface area contributed by atoms with E-state index >= 15 is 0 Å². The number of rotatable bonds is 4. The second-order valence-corrected chi connectivity index (χ2v) is 4.16. The minimum absolute atomic E-state index is 0.109. The van der Waals surface area contributed by atoms with E-state index in [1.807, 2.05) is 36.4 Å². The summed E-state index contributed by atoms with van der Waals surface area (Å²) in [6.45, 7) is 0.244. The zero-order chi connectivity index (χ0) is 13.1. The lowest BCUT2D eigenvalue weighted by Crippen LogP contribution is -1.98. The Bertz CT molecular complexity index is 677. The first-order valence-electron chi connectivity index (χ1n) is 6.01. The third-order valence-corrected chi connectivity index (χ3v) is 2.84. The van der Waals surface area contributed by atoms with Gasteiger partial charge in [0, 0.05) is 11.5 Å². The normalized spacial score (nSPS) is 10.8. The summed E-state index contributed by atoms with van der Waals surface area (Å²) in [6.07, 6.45) is 1.61. The molecule has 0 aliphatic carbocycles. The van der Waals surface area contributed by atoms with Crippen LogP contribution in [0.4, 0.5) is 0 Å². The Balaban J connectivity index is 1.96. The van der Waals surface area contributed by atoms with Crippen molar-refractivity contribution in [2.24, 2.45) is 0 Å². The van der Waals surface area contributed by atoms with Gasteiger partial charge in [0.25, 0.3) is 0 Å². The van der Waals surface area contributed by atoms with Gasteiger partial charge in [-0.15, -0.1) is 0 Å². The van der Waals surface area contributed by atoms with Gasteiger partial charge in [-0.3, -0.25) is 4.98 Å². The van der Waals surface area contributed by atoms with Crippen molar-refractivity contribution in [1.29, 1.82) is 0 Å². The molecule has 2 heterocycles. The van der Waals surface area contributed by atoms with Crippen molar-refractivity contribution in [3.63, 3.8) is 0 Å². The van der Waals surface area contributed by atoms with Gasteiger partial charge in [0.05, 0.1) is 24.1 Å². The highest BCUT2D eigenvalue weighted by molar-refractivity contribution is 5.85. The third-order valence-electron chi connectivity index (χ3n) is 2.84. The van der Waals surface area contributed by atoms with Gasteiger partial charge >= 0.3 is 0 Å². The van der Waals surface area contributed by atoms with Crippen LogP contribution in [-0.2, 0) is 13.2 Å². The molecule has 3 aromatic rings. The van der Waals surface area contributed by atoms with Crippen molar-refractivity contribution in [2.45, 2.75) is 13.2 Å². The van der Waals surface area contributed by atoms with E-state index in [2.05, 4.69) is 4.98 Å². The Morgan fingerprint density at radius 1 is 1.16 bits per heavy atom. The number of furan rings is 1. The molecule has 4 heteroatoms. The predicted octanol–water partition coefficient (Wildman–Crippen LogP) is 2.90. The number of para-hydroxylation sites is 1. The maximum absolute atomic E-state index is 9.24. The highest BCUT2D eigenvalue weighted by atomic mass is 16.5. The average molecular weight is 255 g/mol. The van der Waals surface area contributed by atoms with Crippen LogP contribution in [0.2, 0.25) is 0 Å². The molecular weight excluding hydrogens is 242 g/mol. The number of hydrogen-bond donors (Lipinski definition) is 1. The topological polar surface area (TPSA) is 55.5 Å². The zero-order valence-electron chi connectivity index (χ0n) is 10.2. The maximum atomic E-state index is 9.24. The van der Waals surface area contributed by atoms with E-state index in [1.165, 1.54) is 0 Å². The van der Waals surface area contributed by atoms with Crippen LogP contribution in [0.25, 0.3) is 10.9 Å². The molecule has 2 aromatic heterocycles. The highest BCUT2D eigenvalue weighted by Crippen LogP contribution is 2.26. The third kappa shape index (κ3) is 2.44. The van der Waals surface area contributed by atoms with Crippen LogP contribution in [0.15, 0.2) is 53.1 Å². The van der Waals surface area contributed by atoms with Crippen molar-refractivity contribution in [2.75, 3.05) is 0 Å². The summed E-state index contributed by atoms with van der Waals surface area (Å²) in [5, 5.41) is 10.2. The van der Waals surface area contributed by atoms with E-state index in [0.29, 0.717) is 18.1 Å². The number of fused-ring (bicyclic) bond motifs is 1. The molecule has 0 fully saturated rings. The lowest BCUT2D eigenvalue weighted by molar-refractivity contribution is 0.265. The van der Waals surface area contributed by atoms with Crippen LogP contribution >= 0.6 is 0 Å². The fourth-order valence-electron chi connectivity index (χ4n) is 1.94. The van der Waals surface area contributed by atoms with Gasteiger partial charge in [-0.2, -0.15) is 0 Å². The molecule has 1 N–H and O–H groups in total. The molecule has 3 rings (SSSR count). The van der Waals surface area contributed by atoms with Gasteiger partial charge in [-0.25, -0.2) is 0 Å². The van der Waals surface area contributed by atoms with E-state index in [4.69, 9.17) is 9.15 Å². The smallest absolute Gasteiger partial charge is 0.146 e. The van der Waals surface area contributed by atoms with E-state index in [-0.39, 0.29) is 6.61 Å². The van der Waals surface area contributed by atoms with E-state index in [0.717, 1.165) is 16.7 Å². The molecule has 0 aliphatic rings. The van der Waals surface area contributed by atoms with Gasteiger partial charge in [0.1, 0.15) is 18.1 Å². The molecule has 0 spiro atoms. The molecule has 0 bridgehead atoms. The molecule has 0 saturated heterocycles. The molecule has 0 saturated carbocycles. The number of aliphatic hydroxyl groups excluding tert-OH is 1. The van der Waals surface area contributed by atoms with E-state index in [9.17, 15) is 5.11 Å². The largest absolute Gasteiger partial charge is 0.485 e. The molecular formula is C15H13NO3. The average Bonchev–Trinajstić information content (AvgIpc) is 2.97. The maximum Gasteiger partial charge on any atom is 0.146 e. The molecule has 1 aromatic carbocycles. The molecule has 0 aliphatic heterocycles. The number of hydrogen-bond acceptors (Lipinski definition) is 4. The summed E-state index contributed by atoms with van der Waals surface area (Å²) in [5.41, 5.74) is 1.40. The number of aliphatic hydroxyl groups is 1. The van der Waals surface area contributed by atoms with Gasteiger partial charge in [0.15, 0.2) is 0 Å². The van der Waals surface area contributed by atoms with Gasteiger partial charge in [0.2, 0.25) is 0 Å². The number of nitrogens with zero attached hydrogens (tertiary/aromatic N) is 1. The number of aromatic nitrogens is 1. The number of benzene rings is 1. The van der Waals surface area contributed by atoms with Crippen LogP contribution in [-0.4, -0.2) is 10.1 Å². The first-order valence-corrected chi connectivity index (χ1v) is 6.01. The van der Waals surface area contributed by atoms with Crippen LogP contribution < -0.4 is 4.74 Å². The summed E-state index contributed by atoms with van der Waals surface area (Å²) >= 11 is 0. The van der Waals surface area contributed by atoms with Crippen molar-refractivity contribution >= 4 is 10.9 Å². The second-order valence-electron chi connectivity index (χ2n) is 4.16. The van der Waals surface area contributed by atoms with E-state index in [1.54, 1.807) is 12.3 Å². The van der Waals surface area contributed by atoms with Crippen LogP contribution in [0, 0.1) is 0 Å². The van der Waals surface area contributed by atoms with Gasteiger partial charge in [-0.05, 0) is 24.3 Å². The van der Waals surface area contributed by atoms with Crippen molar-refractivity contribution in [3.8, 4) is 5.75 Å². The summed E-state index contributed by atoms with van der Waals surface area (Å²) in [6, 6.07) is 13.1. The Morgan fingerprint density at radius 2 is 2.05 bits per heavy atom. The van der Waals surface area contributed by atoms with Crippen LogP contribution in [0.1, 0.15) is 11.5 Å². The fourth-order valence-corrected chi connectivity index (χ4v) is 1.94. The summed E-state index contributed by atoms with van der Waals surface area (Å²) in [7, 11) is 0. The molecule has 96 valence electrons. The SMILES string of the molecule is OCc1cc(OCc2ccco2)c2ccccc2n1. The molecule has 0 atom stereocenters. The van der Waals surface area contributed by atoms with Crippen molar-refractivity contribution in [3.05, 3.63) is 60.2 Å². The fraction of sp³-hybridized carbons (Fsp3) is 0.133. The lowest BCUT2D eigenvalue weighted by Gasteiger charge is -2.09. The van der Waals surface area contributed by atoms with Gasteiger partial charge in [-0.1, -0.05) is 12.1 Å². The molecule has 0 unspecified atom stereocenters. The Hall–Kier alpha value is -2.33. The number of ether oxygens (including phenoxy) is 1. The Morgan fingerprint density at radius 3 is 2.84 bits per heavy atom. The Kier molecular flexibility index (Phi) is 3.16. The quantitative estimate of drug-likeness (QED) is 0.778. The minimum atomic E-state index is -0.109. The highest BCUT2D eigenvalue weighted by Gasteiger charge is 2.07. The summed E-state index contributed by atoms with van der Waals surface area (Å²) in [5.74, 6) is 1.46. The zero-order valence-corrected chi connectivity index (χ0v) is 10.2. The van der Waals surface area contributed by atoms with Gasteiger partial charge < -0.3 is 14.3 Å². The van der Waals surface area contributed by atoms with Crippen LogP contribution in [0.5, 0.6) is 5.75 Å². The Labute approximate surface area is 110 Å². The minimum Gasteiger partial charge on any atom is -0.485 e. The summed E-state index contributed by atoms with van der Waals surface area (Å²) in [4.78, 5) is 4.35. The van der Waals surface area contributed by atoms with Crippen molar-refractivity contribution < 1.29 is 14.3 Å². The molecule has 4 nitrogen and oxygen atoms in total. The summed E-state index contributed by atoms with van der Waals surface area (Å²) < 4.78 is 11.0. The second kappa shape index (κ2) is 5.12. The molecule has 0 amide bonds. The monoisotopic (exact) mass is 255 g/mol. The van der Waals surface area contributed by atoms with Crippen LogP contribution in [0.3, 0.4) is 0 Å². The lowest BCUT2D eigenvalue weighted by atomic mass is 10.2. The number of pyridine rings is 1. The van der Waals surface area contributed by atoms with E-state index < -0.39 is 0 Å². The standard InChI is InChI=1S/C15H13NO3/c17-9-11-8-15(19-10-12-4-3-7-18-12)13-5-1-2-6-14(13)16-11/h1-8,17H,9-10H2. The predicted molar refractivity (Wildman–Crippen MR) is 70.7 cm³/mol. The first kappa shape index (κ1) is 11.7. The van der Waals surface area contributed by atoms with Crippen molar-refractivity contribution in [1.82, 2.24) is 4.98 Å². The first-order chi connectivity index (χ1) is 9.36. The molecule has 0 radical (unpaired) electrons. The molecule has 19 heavy (non-hydrogen) atoms.